The van der Waals surface area contributed by atoms with Crippen LogP contribution in [0.4, 0.5) is 0 Å². The molecule has 90 valence electrons. The zero-order valence-corrected chi connectivity index (χ0v) is 11.4. The van der Waals surface area contributed by atoms with Crippen molar-refractivity contribution in [2.24, 2.45) is 0 Å². The minimum Gasteiger partial charge on any atom is -0.319 e. The lowest BCUT2D eigenvalue weighted by atomic mass is 9.95. The number of halogens is 1. The predicted molar refractivity (Wildman–Crippen MR) is 76.1 cm³/mol. The Kier molecular flexibility index (Phi) is 4.60. The van der Waals surface area contributed by atoms with Crippen molar-refractivity contribution in [3.05, 3.63) is 57.2 Å². The molecule has 2 aromatic rings. The largest absolute Gasteiger partial charge is 0.319 e. The molecular formula is C14H16ClNS. The van der Waals surface area contributed by atoms with E-state index in [0.29, 0.717) is 5.92 Å². The highest BCUT2D eigenvalue weighted by molar-refractivity contribution is 7.09. The Morgan fingerprint density at radius 1 is 1.24 bits per heavy atom. The zero-order chi connectivity index (χ0) is 12.1. The van der Waals surface area contributed by atoms with Crippen molar-refractivity contribution in [2.75, 3.05) is 13.6 Å². The quantitative estimate of drug-likeness (QED) is 0.863. The Morgan fingerprint density at radius 3 is 2.59 bits per heavy atom. The van der Waals surface area contributed by atoms with Crippen LogP contribution in [0.25, 0.3) is 0 Å². The SMILES string of the molecule is CNCC(Cc1cccs1)c1ccc(Cl)cc1. The fraction of sp³-hybridized carbons (Fsp3) is 0.286. The van der Waals surface area contributed by atoms with Crippen molar-refractivity contribution in [1.82, 2.24) is 5.32 Å². The highest BCUT2D eigenvalue weighted by atomic mass is 35.5. The maximum absolute atomic E-state index is 5.92. The average molecular weight is 266 g/mol. The summed E-state index contributed by atoms with van der Waals surface area (Å²) in [5.74, 6) is 0.510. The first kappa shape index (κ1) is 12.6. The second kappa shape index (κ2) is 6.20. The van der Waals surface area contributed by atoms with Crippen molar-refractivity contribution in [3.63, 3.8) is 0 Å². The molecule has 0 radical (unpaired) electrons. The Morgan fingerprint density at radius 2 is 2.00 bits per heavy atom. The topological polar surface area (TPSA) is 12.0 Å². The van der Waals surface area contributed by atoms with Crippen molar-refractivity contribution < 1.29 is 0 Å². The van der Waals surface area contributed by atoms with E-state index in [1.54, 1.807) is 0 Å². The summed E-state index contributed by atoms with van der Waals surface area (Å²) in [7, 11) is 2.00. The molecule has 0 aliphatic rings. The Hall–Kier alpha value is -0.830. The lowest BCUT2D eigenvalue weighted by Gasteiger charge is -2.16. The normalized spacial score (nSPS) is 12.6. The minimum atomic E-state index is 0.510. The lowest BCUT2D eigenvalue weighted by molar-refractivity contribution is 0.630. The van der Waals surface area contributed by atoms with Gasteiger partial charge in [-0.25, -0.2) is 0 Å². The smallest absolute Gasteiger partial charge is 0.0406 e. The van der Waals surface area contributed by atoms with Crippen LogP contribution >= 0.6 is 22.9 Å². The Labute approximate surface area is 111 Å². The molecule has 1 unspecified atom stereocenters. The molecule has 0 aliphatic carbocycles. The summed E-state index contributed by atoms with van der Waals surface area (Å²) < 4.78 is 0. The fourth-order valence-corrected chi connectivity index (χ4v) is 2.87. The molecule has 1 heterocycles. The van der Waals surface area contributed by atoms with Crippen molar-refractivity contribution >= 4 is 22.9 Å². The molecule has 1 N–H and O–H groups in total. The molecule has 3 heteroatoms. The molecule has 0 bridgehead atoms. The molecule has 1 atom stereocenters. The molecule has 1 nitrogen and oxygen atoms in total. The monoisotopic (exact) mass is 265 g/mol. The first-order valence-corrected chi connectivity index (χ1v) is 6.98. The number of rotatable bonds is 5. The molecule has 0 amide bonds. The second-order valence-corrected chi connectivity index (χ2v) is 5.56. The third-order valence-corrected chi connectivity index (χ3v) is 3.97. The van der Waals surface area contributed by atoms with Gasteiger partial charge in [-0.1, -0.05) is 29.8 Å². The fourth-order valence-electron chi connectivity index (χ4n) is 1.96. The maximum atomic E-state index is 5.92. The summed E-state index contributed by atoms with van der Waals surface area (Å²) in [6.45, 7) is 0.986. The van der Waals surface area contributed by atoms with Gasteiger partial charge in [-0.15, -0.1) is 11.3 Å². The van der Waals surface area contributed by atoms with Crippen molar-refractivity contribution in [1.29, 1.82) is 0 Å². The number of hydrogen-bond donors (Lipinski definition) is 1. The van der Waals surface area contributed by atoms with Crippen LogP contribution in [-0.4, -0.2) is 13.6 Å². The van der Waals surface area contributed by atoms with Gasteiger partial charge in [-0.05, 0) is 42.6 Å². The van der Waals surface area contributed by atoms with Crippen LogP contribution in [0.15, 0.2) is 41.8 Å². The van der Waals surface area contributed by atoms with E-state index >= 15 is 0 Å². The molecule has 0 saturated carbocycles. The van der Waals surface area contributed by atoms with E-state index in [1.807, 2.05) is 30.5 Å². The molecule has 2 rings (SSSR count). The van der Waals surface area contributed by atoms with Gasteiger partial charge in [0.1, 0.15) is 0 Å². The van der Waals surface area contributed by atoms with Crippen LogP contribution in [0.3, 0.4) is 0 Å². The molecule has 0 fully saturated rings. The van der Waals surface area contributed by atoms with Crippen LogP contribution in [-0.2, 0) is 6.42 Å². The predicted octanol–water partition coefficient (Wildman–Crippen LogP) is 3.95. The minimum absolute atomic E-state index is 0.510. The number of likely N-dealkylation sites (N-methyl/N-ethyl adjacent to an activating group) is 1. The number of thiophene rings is 1. The van der Waals surface area contributed by atoms with Gasteiger partial charge in [0.25, 0.3) is 0 Å². The maximum Gasteiger partial charge on any atom is 0.0406 e. The summed E-state index contributed by atoms with van der Waals surface area (Å²) in [6, 6.07) is 12.5. The van der Waals surface area contributed by atoms with E-state index in [2.05, 4.69) is 35.0 Å². The van der Waals surface area contributed by atoms with Gasteiger partial charge in [0, 0.05) is 22.4 Å². The van der Waals surface area contributed by atoms with Gasteiger partial charge in [-0.3, -0.25) is 0 Å². The third kappa shape index (κ3) is 3.56. The number of benzene rings is 1. The average Bonchev–Trinajstić information content (AvgIpc) is 2.82. The van der Waals surface area contributed by atoms with Crippen LogP contribution in [0.1, 0.15) is 16.4 Å². The van der Waals surface area contributed by atoms with Gasteiger partial charge in [0.05, 0.1) is 0 Å². The first-order valence-electron chi connectivity index (χ1n) is 5.72. The Bertz CT molecular complexity index is 436. The zero-order valence-electron chi connectivity index (χ0n) is 9.82. The van der Waals surface area contributed by atoms with Crippen LogP contribution in [0, 0.1) is 0 Å². The van der Waals surface area contributed by atoms with Crippen molar-refractivity contribution in [2.45, 2.75) is 12.3 Å². The number of hydrogen-bond acceptors (Lipinski definition) is 2. The molecule has 17 heavy (non-hydrogen) atoms. The highest BCUT2D eigenvalue weighted by Gasteiger charge is 2.12. The van der Waals surface area contributed by atoms with E-state index in [4.69, 9.17) is 11.6 Å². The molecule has 1 aromatic heterocycles. The van der Waals surface area contributed by atoms with E-state index in [1.165, 1.54) is 10.4 Å². The summed E-state index contributed by atoms with van der Waals surface area (Å²) >= 11 is 7.74. The summed E-state index contributed by atoms with van der Waals surface area (Å²) in [5, 5.41) is 6.20. The molecule has 0 aliphatic heterocycles. The van der Waals surface area contributed by atoms with E-state index in [9.17, 15) is 0 Å². The van der Waals surface area contributed by atoms with Gasteiger partial charge >= 0.3 is 0 Å². The van der Waals surface area contributed by atoms with Crippen LogP contribution in [0.5, 0.6) is 0 Å². The molecule has 1 aromatic carbocycles. The van der Waals surface area contributed by atoms with Gasteiger partial charge < -0.3 is 5.32 Å². The first-order chi connectivity index (χ1) is 8.29. The molecule has 0 spiro atoms. The van der Waals surface area contributed by atoms with E-state index < -0.39 is 0 Å². The summed E-state index contributed by atoms with van der Waals surface area (Å²) in [4.78, 5) is 1.43. The molecular weight excluding hydrogens is 250 g/mol. The summed E-state index contributed by atoms with van der Waals surface area (Å²) in [5.41, 5.74) is 1.34. The van der Waals surface area contributed by atoms with Gasteiger partial charge in [-0.2, -0.15) is 0 Å². The van der Waals surface area contributed by atoms with Crippen molar-refractivity contribution in [3.8, 4) is 0 Å². The third-order valence-electron chi connectivity index (χ3n) is 2.82. The van der Waals surface area contributed by atoms with Crippen LogP contribution in [0.2, 0.25) is 5.02 Å². The standard InChI is InChI=1S/C14H16ClNS/c1-16-10-12(9-14-3-2-8-17-14)11-4-6-13(15)7-5-11/h2-8,12,16H,9-10H2,1H3. The van der Waals surface area contributed by atoms with E-state index in [0.717, 1.165) is 18.0 Å². The van der Waals surface area contributed by atoms with Gasteiger partial charge in [0.15, 0.2) is 0 Å². The van der Waals surface area contributed by atoms with Crippen LogP contribution < -0.4 is 5.32 Å². The van der Waals surface area contributed by atoms with Gasteiger partial charge in [0.2, 0.25) is 0 Å². The Balaban J connectivity index is 2.13. The second-order valence-electron chi connectivity index (χ2n) is 4.09. The molecule has 0 saturated heterocycles. The lowest BCUT2D eigenvalue weighted by Crippen LogP contribution is -2.18. The van der Waals surface area contributed by atoms with E-state index in [-0.39, 0.29) is 0 Å². The highest BCUT2D eigenvalue weighted by Crippen LogP contribution is 2.24. The number of nitrogens with one attached hydrogen (secondary N) is 1. The summed E-state index contributed by atoms with van der Waals surface area (Å²) in [6.07, 6.45) is 1.08.